The number of aryl methyl sites for hydroxylation is 1. The topological polar surface area (TPSA) is 75.7 Å². The lowest BCUT2D eigenvalue weighted by Gasteiger charge is -2.19. The van der Waals surface area contributed by atoms with Gasteiger partial charge in [0.05, 0.1) is 12.2 Å². The molecular formula is C24H33NO3. The first kappa shape index (κ1) is 20.9. The van der Waals surface area contributed by atoms with Crippen LogP contribution in [0.1, 0.15) is 56.6 Å². The predicted molar refractivity (Wildman–Crippen MR) is 112 cm³/mol. The largest absolute Gasteiger partial charge is 0.489 e. The summed E-state index contributed by atoms with van der Waals surface area (Å²) in [6, 6.07) is 6.35. The molecule has 4 nitrogen and oxygen atoms in total. The van der Waals surface area contributed by atoms with Gasteiger partial charge in [0.2, 0.25) is 0 Å². The van der Waals surface area contributed by atoms with Crippen molar-refractivity contribution in [3.8, 4) is 17.6 Å². The molecule has 1 aromatic carbocycles. The summed E-state index contributed by atoms with van der Waals surface area (Å²) in [7, 11) is 0. The van der Waals surface area contributed by atoms with Crippen LogP contribution in [0.15, 0.2) is 30.4 Å². The molecule has 3 rings (SSSR count). The van der Waals surface area contributed by atoms with Crippen LogP contribution in [0.5, 0.6) is 5.75 Å². The number of hydrogen-bond acceptors (Lipinski definition) is 4. The van der Waals surface area contributed by atoms with Gasteiger partial charge < -0.3 is 20.7 Å². The second-order valence-corrected chi connectivity index (χ2v) is 8.13. The van der Waals surface area contributed by atoms with Gasteiger partial charge in [0.15, 0.2) is 0 Å². The van der Waals surface area contributed by atoms with Crippen molar-refractivity contribution in [3.05, 3.63) is 41.5 Å². The molecular weight excluding hydrogens is 350 g/mol. The van der Waals surface area contributed by atoms with Crippen LogP contribution in [-0.4, -0.2) is 35.1 Å². The van der Waals surface area contributed by atoms with Gasteiger partial charge in [-0.2, -0.15) is 0 Å². The van der Waals surface area contributed by atoms with E-state index in [1.54, 1.807) is 0 Å². The van der Waals surface area contributed by atoms with Crippen LogP contribution < -0.4 is 10.5 Å². The predicted octanol–water partition coefficient (Wildman–Crippen LogP) is 3.16. The Labute approximate surface area is 168 Å². The van der Waals surface area contributed by atoms with Gasteiger partial charge in [0.25, 0.3) is 0 Å². The minimum Gasteiger partial charge on any atom is -0.489 e. The first-order valence-electron chi connectivity index (χ1n) is 10.5. The van der Waals surface area contributed by atoms with Gasteiger partial charge in [-0.25, -0.2) is 0 Å². The van der Waals surface area contributed by atoms with Crippen molar-refractivity contribution < 1.29 is 14.9 Å². The number of nitrogens with two attached hydrogens (primary N) is 1. The molecule has 1 aliphatic carbocycles. The van der Waals surface area contributed by atoms with Crippen molar-refractivity contribution in [2.45, 2.75) is 70.2 Å². The molecule has 1 fully saturated rings. The number of para-hydroxylation sites is 1. The van der Waals surface area contributed by atoms with Gasteiger partial charge >= 0.3 is 0 Å². The third kappa shape index (κ3) is 4.43. The van der Waals surface area contributed by atoms with E-state index < -0.39 is 12.2 Å². The van der Waals surface area contributed by atoms with E-state index in [2.05, 4.69) is 30.0 Å². The quantitative estimate of drug-likeness (QED) is 0.366. The van der Waals surface area contributed by atoms with Crippen LogP contribution in [0.4, 0.5) is 0 Å². The highest BCUT2D eigenvalue weighted by Gasteiger charge is 2.48. The summed E-state index contributed by atoms with van der Waals surface area (Å²) in [4.78, 5) is 0. The summed E-state index contributed by atoms with van der Waals surface area (Å²) in [5.74, 6) is 7.08. The van der Waals surface area contributed by atoms with Crippen molar-refractivity contribution in [2.24, 2.45) is 17.6 Å². The summed E-state index contributed by atoms with van der Waals surface area (Å²) in [5, 5.41) is 21.0. The van der Waals surface area contributed by atoms with E-state index in [0.29, 0.717) is 19.4 Å². The Bertz CT molecular complexity index is 748. The van der Waals surface area contributed by atoms with Gasteiger partial charge in [0, 0.05) is 30.2 Å². The molecule has 0 radical (unpaired) electrons. The number of ether oxygens (including phenoxy) is 1. The Morgan fingerprint density at radius 2 is 2.18 bits per heavy atom. The van der Waals surface area contributed by atoms with Crippen LogP contribution in [0, 0.1) is 23.7 Å². The van der Waals surface area contributed by atoms with E-state index in [1.165, 1.54) is 11.1 Å². The second kappa shape index (κ2) is 9.60. The molecule has 0 bridgehead atoms. The summed E-state index contributed by atoms with van der Waals surface area (Å²) < 4.78 is 6.29. The van der Waals surface area contributed by atoms with Gasteiger partial charge in [0.1, 0.15) is 11.9 Å². The van der Waals surface area contributed by atoms with Gasteiger partial charge in [-0.05, 0) is 44.2 Å². The fourth-order valence-electron chi connectivity index (χ4n) is 4.44. The molecule has 1 saturated carbocycles. The minimum atomic E-state index is -0.559. The molecule has 1 heterocycles. The molecule has 0 aromatic heterocycles. The number of fused-ring (bicyclic) bond motifs is 3. The molecule has 4 N–H and O–H groups in total. The van der Waals surface area contributed by atoms with E-state index in [-0.39, 0.29) is 23.9 Å². The number of rotatable bonds is 8. The van der Waals surface area contributed by atoms with E-state index in [0.717, 1.165) is 25.0 Å². The summed E-state index contributed by atoms with van der Waals surface area (Å²) >= 11 is 0. The Hall–Kier alpha value is -1.80. The Morgan fingerprint density at radius 1 is 1.36 bits per heavy atom. The van der Waals surface area contributed by atoms with E-state index >= 15 is 0 Å². The maximum absolute atomic E-state index is 10.6. The SMILES string of the molecule is CC#CC[C@H](C)[C@@H](O)/C=C/[C@@H]1[C@H]2c3cccc(CCCCN)c3O[C@H]2C[C@H]1O. The fraction of sp³-hybridized carbons (Fsp3) is 0.583. The number of aliphatic hydroxyl groups is 2. The first-order chi connectivity index (χ1) is 13.6. The fourth-order valence-corrected chi connectivity index (χ4v) is 4.44. The van der Waals surface area contributed by atoms with Crippen LogP contribution in [0.3, 0.4) is 0 Å². The molecule has 1 aromatic rings. The van der Waals surface area contributed by atoms with Crippen molar-refractivity contribution in [1.29, 1.82) is 0 Å². The minimum absolute atomic E-state index is 0.0100. The molecule has 152 valence electrons. The second-order valence-electron chi connectivity index (χ2n) is 8.13. The molecule has 0 amide bonds. The molecule has 1 aliphatic heterocycles. The number of unbranched alkanes of at least 4 members (excludes halogenated alkanes) is 1. The Balaban J connectivity index is 1.75. The Morgan fingerprint density at radius 3 is 2.93 bits per heavy atom. The lowest BCUT2D eigenvalue weighted by Crippen LogP contribution is -2.19. The zero-order chi connectivity index (χ0) is 20.1. The lowest BCUT2D eigenvalue weighted by molar-refractivity contribution is 0.134. The Kier molecular flexibility index (Phi) is 7.18. The number of benzene rings is 1. The zero-order valence-electron chi connectivity index (χ0n) is 17.0. The molecule has 6 atom stereocenters. The highest BCUT2D eigenvalue weighted by atomic mass is 16.5. The van der Waals surface area contributed by atoms with Crippen LogP contribution in [-0.2, 0) is 6.42 Å². The highest BCUT2D eigenvalue weighted by Crippen LogP contribution is 2.52. The number of hydrogen-bond donors (Lipinski definition) is 3. The van der Waals surface area contributed by atoms with Gasteiger partial charge in [-0.15, -0.1) is 11.8 Å². The van der Waals surface area contributed by atoms with Gasteiger partial charge in [-0.3, -0.25) is 0 Å². The summed E-state index contributed by atoms with van der Waals surface area (Å²) in [5.41, 5.74) is 8.06. The van der Waals surface area contributed by atoms with Crippen LogP contribution >= 0.6 is 0 Å². The lowest BCUT2D eigenvalue weighted by atomic mass is 9.86. The van der Waals surface area contributed by atoms with E-state index in [4.69, 9.17) is 10.5 Å². The first-order valence-corrected chi connectivity index (χ1v) is 10.5. The van der Waals surface area contributed by atoms with Gasteiger partial charge in [-0.1, -0.05) is 37.3 Å². The van der Waals surface area contributed by atoms with Crippen LogP contribution in [0.25, 0.3) is 0 Å². The third-order valence-electron chi connectivity index (χ3n) is 6.10. The molecule has 28 heavy (non-hydrogen) atoms. The van der Waals surface area contributed by atoms with Crippen molar-refractivity contribution in [2.75, 3.05) is 6.54 Å². The van der Waals surface area contributed by atoms with E-state index in [9.17, 15) is 10.2 Å². The van der Waals surface area contributed by atoms with Crippen molar-refractivity contribution in [3.63, 3.8) is 0 Å². The van der Waals surface area contributed by atoms with Crippen LogP contribution in [0.2, 0.25) is 0 Å². The normalized spacial score (nSPS) is 27.6. The standard InChI is InChI=1S/C24H33NO3/c1-3-4-8-16(2)20(26)13-12-18-21(27)15-22-23(18)19-11-7-10-17(24(19)28-22)9-5-6-14-25/h7,10-13,16,18,20-23,26-27H,5-6,8-9,14-15,25H2,1-2H3/b13-12+/t16-,18-,20-,21+,22-,23-/m0/s1. The smallest absolute Gasteiger partial charge is 0.126 e. The summed E-state index contributed by atoms with van der Waals surface area (Å²) in [6.07, 6.45) is 7.17. The van der Waals surface area contributed by atoms with Crippen molar-refractivity contribution >= 4 is 0 Å². The molecule has 4 heteroatoms. The molecule has 2 aliphatic rings. The molecule has 0 spiro atoms. The average Bonchev–Trinajstić information content (AvgIpc) is 3.19. The molecule has 0 saturated heterocycles. The maximum Gasteiger partial charge on any atom is 0.126 e. The van der Waals surface area contributed by atoms with E-state index in [1.807, 2.05) is 26.0 Å². The van der Waals surface area contributed by atoms with Crippen molar-refractivity contribution in [1.82, 2.24) is 0 Å². The monoisotopic (exact) mass is 383 g/mol. The average molecular weight is 384 g/mol. The maximum atomic E-state index is 10.6. The number of aliphatic hydroxyl groups excluding tert-OH is 2. The highest BCUT2D eigenvalue weighted by molar-refractivity contribution is 5.49. The molecule has 0 unspecified atom stereocenters. The third-order valence-corrected chi connectivity index (χ3v) is 6.10. The zero-order valence-corrected chi connectivity index (χ0v) is 17.0. The summed E-state index contributed by atoms with van der Waals surface area (Å²) in [6.45, 7) is 4.52.